The summed E-state index contributed by atoms with van der Waals surface area (Å²) in [4.78, 5) is 0. The molecule has 1 unspecified atom stereocenters. The van der Waals surface area contributed by atoms with Crippen LogP contribution in [0.4, 0.5) is 0 Å². The second-order valence-corrected chi connectivity index (χ2v) is 10.0. The Morgan fingerprint density at radius 2 is 1.57 bits per heavy atom. The van der Waals surface area contributed by atoms with Crippen LogP contribution in [0.1, 0.15) is 36.9 Å². The first-order valence-electron chi connectivity index (χ1n) is 9.94. The normalized spacial score (nSPS) is 17.2. The minimum absolute atomic E-state index is 0.0700. The van der Waals surface area contributed by atoms with Gasteiger partial charge >= 0.3 is 0 Å². The third kappa shape index (κ3) is 3.30. The third-order valence-corrected chi connectivity index (χ3v) is 8.79. The van der Waals surface area contributed by atoms with Crippen molar-refractivity contribution < 1.29 is 9.67 Å². The zero-order chi connectivity index (χ0) is 19.6. The first-order valence-corrected chi connectivity index (χ1v) is 11.6. The van der Waals surface area contributed by atoms with Crippen molar-refractivity contribution in [3.8, 4) is 5.75 Å². The van der Waals surface area contributed by atoms with Gasteiger partial charge in [-0.3, -0.25) is 4.57 Å². The molecule has 3 aromatic carbocycles. The lowest BCUT2D eigenvalue weighted by molar-refractivity contribution is 0.295. The average molecular weight is 391 g/mol. The molecule has 1 heterocycles. The molecule has 1 atom stereocenters. The topological polar surface area (TPSA) is 40.5 Å². The summed E-state index contributed by atoms with van der Waals surface area (Å²) in [6.45, 7) is 2.88. The molecule has 3 nitrogen and oxygen atoms in total. The first-order chi connectivity index (χ1) is 13.6. The van der Waals surface area contributed by atoms with E-state index in [2.05, 4.69) is 11.6 Å². The number of benzene rings is 3. The second-order valence-electron chi connectivity index (χ2n) is 7.35. The van der Waals surface area contributed by atoms with Crippen molar-refractivity contribution in [2.45, 2.75) is 32.2 Å². The van der Waals surface area contributed by atoms with Crippen LogP contribution in [-0.4, -0.2) is 16.3 Å². The van der Waals surface area contributed by atoms with E-state index in [-0.39, 0.29) is 6.04 Å². The molecular formula is C24H26NO2P. The second kappa shape index (κ2) is 7.95. The Kier molecular flexibility index (Phi) is 5.39. The summed E-state index contributed by atoms with van der Waals surface area (Å²) in [5, 5.41) is 11.7. The van der Waals surface area contributed by atoms with Gasteiger partial charge in [-0.25, -0.2) is 4.67 Å². The van der Waals surface area contributed by atoms with Crippen LogP contribution in [-0.2, 0) is 11.0 Å². The highest BCUT2D eigenvalue weighted by Gasteiger charge is 2.41. The Morgan fingerprint density at radius 1 is 0.964 bits per heavy atom. The van der Waals surface area contributed by atoms with Gasteiger partial charge in [0.25, 0.3) is 0 Å². The van der Waals surface area contributed by atoms with Crippen molar-refractivity contribution in [1.29, 1.82) is 0 Å². The van der Waals surface area contributed by atoms with E-state index >= 15 is 0 Å². The van der Waals surface area contributed by atoms with E-state index in [1.54, 1.807) is 6.07 Å². The van der Waals surface area contributed by atoms with Crippen LogP contribution in [0.5, 0.6) is 5.75 Å². The van der Waals surface area contributed by atoms with Crippen LogP contribution in [0.25, 0.3) is 0 Å². The predicted molar refractivity (Wildman–Crippen MR) is 116 cm³/mol. The van der Waals surface area contributed by atoms with E-state index in [0.29, 0.717) is 12.3 Å². The lowest BCUT2D eigenvalue weighted by atomic mass is 9.91. The van der Waals surface area contributed by atoms with Crippen molar-refractivity contribution in [2.75, 3.05) is 6.54 Å². The smallest absolute Gasteiger partial charge is 0.207 e. The van der Waals surface area contributed by atoms with E-state index in [1.165, 1.54) is 11.1 Å². The Bertz CT molecular complexity index is 945. The summed E-state index contributed by atoms with van der Waals surface area (Å²) in [6.07, 6.45) is 2.72. The Balaban J connectivity index is 1.89. The SMILES string of the molecule is CCCC1c2ccc(O)cc2CCN1P(=O)(c1ccccc1)c1ccccc1. The van der Waals surface area contributed by atoms with Crippen LogP contribution in [0.3, 0.4) is 0 Å². The number of fused-ring (bicyclic) bond motifs is 1. The fourth-order valence-electron chi connectivity index (χ4n) is 4.31. The van der Waals surface area contributed by atoms with Crippen molar-refractivity contribution in [3.05, 3.63) is 90.0 Å². The van der Waals surface area contributed by atoms with Crippen molar-refractivity contribution in [1.82, 2.24) is 4.67 Å². The molecule has 0 aromatic heterocycles. The molecule has 0 amide bonds. The van der Waals surface area contributed by atoms with E-state index in [9.17, 15) is 9.67 Å². The molecule has 0 radical (unpaired) electrons. The zero-order valence-corrected chi connectivity index (χ0v) is 17.1. The fraction of sp³-hybridized carbons (Fsp3) is 0.250. The lowest BCUT2D eigenvalue weighted by Gasteiger charge is -2.42. The van der Waals surface area contributed by atoms with Crippen molar-refractivity contribution >= 4 is 17.9 Å². The maximum atomic E-state index is 14.8. The highest BCUT2D eigenvalue weighted by atomic mass is 31.2. The highest BCUT2D eigenvalue weighted by molar-refractivity contribution is 7.76. The number of rotatable bonds is 5. The summed E-state index contributed by atoms with van der Waals surface area (Å²) in [5.74, 6) is 0.303. The summed E-state index contributed by atoms with van der Waals surface area (Å²) in [5.41, 5.74) is 2.36. The zero-order valence-electron chi connectivity index (χ0n) is 16.2. The van der Waals surface area contributed by atoms with Crippen LogP contribution in [0.2, 0.25) is 0 Å². The molecule has 4 rings (SSSR count). The third-order valence-electron chi connectivity index (χ3n) is 5.59. The Labute approximate surface area is 167 Å². The van der Waals surface area contributed by atoms with Gasteiger partial charge in [0.1, 0.15) is 5.75 Å². The summed E-state index contributed by atoms with van der Waals surface area (Å²) >= 11 is 0. The molecule has 1 aliphatic rings. The molecular weight excluding hydrogens is 365 g/mol. The first kappa shape index (κ1) is 19.0. The number of phenolic OH excluding ortho intramolecular Hbond substituents is 1. The van der Waals surface area contributed by atoms with Gasteiger partial charge in [0.2, 0.25) is 7.29 Å². The monoisotopic (exact) mass is 391 g/mol. The molecule has 0 fully saturated rings. The number of hydrogen-bond acceptors (Lipinski definition) is 2. The number of hydrogen-bond donors (Lipinski definition) is 1. The summed E-state index contributed by atoms with van der Waals surface area (Å²) in [6, 6.07) is 25.5. The molecule has 4 heteroatoms. The molecule has 0 aliphatic carbocycles. The Morgan fingerprint density at radius 3 is 2.14 bits per heavy atom. The van der Waals surface area contributed by atoms with Crippen LogP contribution in [0.15, 0.2) is 78.9 Å². The number of nitrogens with zero attached hydrogens (tertiary/aromatic N) is 1. The van der Waals surface area contributed by atoms with Gasteiger partial charge in [-0.1, -0.05) is 55.8 Å². The maximum absolute atomic E-state index is 14.8. The predicted octanol–water partition coefficient (Wildman–Crippen LogP) is 5.02. The van der Waals surface area contributed by atoms with Gasteiger partial charge in [-0.2, -0.15) is 0 Å². The van der Waals surface area contributed by atoms with Crippen molar-refractivity contribution in [2.24, 2.45) is 0 Å². The molecule has 1 N–H and O–H groups in total. The molecule has 3 aromatic rings. The maximum Gasteiger partial charge on any atom is 0.207 e. The molecule has 1 aliphatic heterocycles. The van der Waals surface area contributed by atoms with Crippen LogP contribution in [0, 0.1) is 0 Å². The average Bonchev–Trinajstić information content (AvgIpc) is 2.74. The van der Waals surface area contributed by atoms with Crippen molar-refractivity contribution in [3.63, 3.8) is 0 Å². The van der Waals surface area contributed by atoms with E-state index in [4.69, 9.17) is 0 Å². The van der Waals surface area contributed by atoms with E-state index in [0.717, 1.165) is 29.9 Å². The van der Waals surface area contributed by atoms with Gasteiger partial charge < -0.3 is 5.11 Å². The molecule has 0 bridgehead atoms. The van der Waals surface area contributed by atoms with E-state index < -0.39 is 7.29 Å². The van der Waals surface area contributed by atoms with Gasteiger partial charge in [-0.15, -0.1) is 0 Å². The minimum atomic E-state index is -2.98. The molecule has 0 spiro atoms. The van der Waals surface area contributed by atoms with Gasteiger partial charge in [0, 0.05) is 23.2 Å². The molecule has 0 saturated heterocycles. The highest BCUT2D eigenvalue weighted by Crippen LogP contribution is 2.55. The quantitative estimate of drug-likeness (QED) is 0.621. The van der Waals surface area contributed by atoms with Gasteiger partial charge in [-0.05, 0) is 60.4 Å². The standard InChI is InChI=1S/C24H26NO2P/c1-2-9-24-23-15-14-20(26)18-19(23)16-17-25(24)28(27,21-10-5-3-6-11-21)22-12-7-4-8-13-22/h3-8,10-15,18,24,26H,2,9,16-17H2,1H3. The molecule has 144 valence electrons. The number of aromatic hydroxyl groups is 1. The lowest BCUT2D eigenvalue weighted by Crippen LogP contribution is -2.39. The molecule has 0 saturated carbocycles. The summed E-state index contributed by atoms with van der Waals surface area (Å²) in [7, 11) is -2.98. The summed E-state index contributed by atoms with van der Waals surface area (Å²) < 4.78 is 17.0. The Hall–Kier alpha value is -2.35. The van der Waals surface area contributed by atoms with Gasteiger partial charge in [0.15, 0.2) is 0 Å². The minimum Gasteiger partial charge on any atom is -0.508 e. The number of phenols is 1. The van der Waals surface area contributed by atoms with Crippen LogP contribution >= 0.6 is 7.29 Å². The molecule has 28 heavy (non-hydrogen) atoms. The van der Waals surface area contributed by atoms with Crippen LogP contribution < -0.4 is 10.6 Å². The fourth-order valence-corrected chi connectivity index (χ4v) is 7.36. The van der Waals surface area contributed by atoms with Gasteiger partial charge in [0.05, 0.1) is 0 Å². The van der Waals surface area contributed by atoms with E-state index in [1.807, 2.05) is 72.8 Å². The largest absolute Gasteiger partial charge is 0.508 e.